The topological polar surface area (TPSA) is 62.2 Å². The third-order valence-corrected chi connectivity index (χ3v) is 3.63. The Morgan fingerprint density at radius 1 is 1.04 bits per heavy atom. The van der Waals surface area contributed by atoms with Gasteiger partial charge in [-0.25, -0.2) is 4.98 Å². The lowest BCUT2D eigenvalue weighted by molar-refractivity contribution is -0.137. The highest BCUT2D eigenvalue weighted by molar-refractivity contribution is 7.12. The number of anilines is 1. The molecule has 0 atom stereocenters. The number of hydrogen-bond donors (Lipinski definition) is 2. The van der Waals surface area contributed by atoms with Gasteiger partial charge in [0.2, 0.25) is 5.01 Å². The van der Waals surface area contributed by atoms with E-state index in [4.69, 9.17) is 5.11 Å². The predicted octanol–water partition coefficient (Wildman–Crippen LogP) is 4.14. The van der Waals surface area contributed by atoms with E-state index in [2.05, 4.69) is 4.98 Å². The van der Waals surface area contributed by atoms with Crippen molar-refractivity contribution in [3.05, 3.63) is 39.7 Å². The molecule has 0 aliphatic carbocycles. The lowest BCUT2D eigenvalue weighted by Gasteiger charge is -2.07. The number of aromatic hydroxyl groups is 1. The highest BCUT2D eigenvalue weighted by Gasteiger charge is 2.43. The first-order valence-corrected chi connectivity index (χ1v) is 6.55. The zero-order valence-corrected chi connectivity index (χ0v) is 11.6. The summed E-state index contributed by atoms with van der Waals surface area (Å²) < 4.78 is 75.9. The number of thiazole rings is 1. The van der Waals surface area contributed by atoms with Crippen molar-refractivity contribution in [2.45, 2.75) is 12.4 Å². The minimum atomic E-state index is -5.10. The summed E-state index contributed by atoms with van der Waals surface area (Å²) in [5.41, 5.74) is -0.155. The number of hydrogen-bond acceptors (Lipinski definition) is 4. The van der Waals surface area contributed by atoms with Crippen LogP contribution in [0.15, 0.2) is 24.3 Å². The first-order chi connectivity index (χ1) is 10.5. The fraction of sp³-hybridized carbons (Fsp3) is 0.167. The zero-order chi connectivity index (χ0) is 17.4. The monoisotopic (exact) mass is 356 g/mol. The number of alkyl halides is 6. The van der Waals surface area contributed by atoms with Crippen molar-refractivity contribution in [2.75, 3.05) is 5.32 Å². The largest absolute Gasteiger partial charge is 0.508 e. The summed E-state index contributed by atoms with van der Waals surface area (Å²) >= 11 is -0.603. The first kappa shape index (κ1) is 17.1. The van der Waals surface area contributed by atoms with Crippen LogP contribution < -0.4 is 5.32 Å². The van der Waals surface area contributed by atoms with Crippen molar-refractivity contribution in [3.63, 3.8) is 0 Å². The molecule has 124 valence electrons. The Hall–Kier alpha value is -2.30. The van der Waals surface area contributed by atoms with E-state index in [0.717, 1.165) is 24.3 Å². The first-order valence-electron chi connectivity index (χ1n) is 5.74. The van der Waals surface area contributed by atoms with E-state index >= 15 is 0 Å². The number of carbonyl (C=O) groups is 1. The molecule has 1 amide bonds. The third-order valence-electron chi connectivity index (χ3n) is 2.49. The molecule has 2 N–H and O–H groups in total. The predicted molar refractivity (Wildman–Crippen MR) is 68.2 cm³/mol. The third kappa shape index (κ3) is 3.92. The fourth-order valence-corrected chi connectivity index (χ4v) is 2.27. The molecule has 0 aliphatic heterocycles. The standard InChI is InChI=1S/C12H6F6N2O2S/c13-11(14,15)7-8(20-10(23-7)12(16,17)18)19-9(22)5-1-3-6(21)4-2-5/h1-4,21H,(H,19,22). The van der Waals surface area contributed by atoms with Crippen molar-refractivity contribution >= 4 is 23.1 Å². The number of aromatic nitrogens is 1. The van der Waals surface area contributed by atoms with E-state index in [0.29, 0.717) is 0 Å². The number of benzene rings is 1. The lowest BCUT2D eigenvalue weighted by atomic mass is 10.2. The molecule has 4 nitrogen and oxygen atoms in total. The van der Waals surface area contributed by atoms with Gasteiger partial charge in [-0.05, 0) is 24.3 Å². The molecule has 11 heteroatoms. The molecule has 1 aromatic carbocycles. The Labute approximate surface area is 128 Å². The molecular formula is C12H6F6N2O2S. The molecule has 0 spiro atoms. The summed E-state index contributed by atoms with van der Waals surface area (Å²) in [6, 6.07) is 4.38. The maximum Gasteiger partial charge on any atom is 0.443 e. The smallest absolute Gasteiger partial charge is 0.443 e. The van der Waals surface area contributed by atoms with Crippen LogP contribution in [0, 0.1) is 0 Å². The second-order valence-corrected chi connectivity index (χ2v) is 5.19. The van der Waals surface area contributed by atoms with Gasteiger partial charge in [-0.1, -0.05) is 0 Å². The van der Waals surface area contributed by atoms with Gasteiger partial charge >= 0.3 is 12.4 Å². The molecule has 1 heterocycles. The maximum absolute atomic E-state index is 12.8. The van der Waals surface area contributed by atoms with Gasteiger partial charge < -0.3 is 10.4 Å². The number of nitrogens with zero attached hydrogens (tertiary/aromatic N) is 1. The number of carbonyl (C=O) groups excluding carboxylic acids is 1. The normalized spacial score (nSPS) is 12.3. The Balaban J connectivity index is 2.36. The molecule has 2 rings (SSSR count). The second kappa shape index (κ2) is 5.72. The molecule has 0 radical (unpaired) electrons. The lowest BCUT2D eigenvalue weighted by Crippen LogP contribution is -2.16. The molecule has 0 saturated carbocycles. The SMILES string of the molecule is O=C(Nc1nc(C(F)(F)F)sc1C(F)(F)F)c1ccc(O)cc1. The summed E-state index contributed by atoms with van der Waals surface area (Å²) in [5.74, 6) is -2.49. The molecule has 0 bridgehead atoms. The molecule has 0 fully saturated rings. The molecule has 0 unspecified atom stereocenters. The average Bonchev–Trinajstić information content (AvgIpc) is 2.83. The van der Waals surface area contributed by atoms with E-state index in [1.165, 1.54) is 0 Å². The minimum Gasteiger partial charge on any atom is -0.508 e. The van der Waals surface area contributed by atoms with Crippen molar-refractivity contribution in [2.24, 2.45) is 0 Å². The summed E-state index contributed by atoms with van der Waals surface area (Å²) in [5, 5.41) is 9.04. The van der Waals surface area contributed by atoms with Gasteiger partial charge in [-0.15, -0.1) is 11.3 Å². The highest BCUT2D eigenvalue weighted by atomic mass is 32.1. The molecule has 2 aromatic rings. The summed E-state index contributed by atoms with van der Waals surface area (Å²) in [6.45, 7) is 0. The van der Waals surface area contributed by atoms with Crippen LogP contribution in [0.2, 0.25) is 0 Å². The van der Waals surface area contributed by atoms with Gasteiger partial charge in [0.15, 0.2) is 10.7 Å². The van der Waals surface area contributed by atoms with Crippen LogP contribution in [0.5, 0.6) is 5.75 Å². The van der Waals surface area contributed by atoms with Crippen molar-refractivity contribution in [3.8, 4) is 5.75 Å². The van der Waals surface area contributed by atoms with Crippen LogP contribution in [0.3, 0.4) is 0 Å². The van der Waals surface area contributed by atoms with Crippen LogP contribution in [-0.4, -0.2) is 16.0 Å². The van der Waals surface area contributed by atoms with E-state index in [-0.39, 0.29) is 11.3 Å². The molecule has 0 saturated heterocycles. The van der Waals surface area contributed by atoms with Crippen LogP contribution in [0.25, 0.3) is 0 Å². The number of phenolic OH excluding ortho intramolecular Hbond substituents is 1. The molecule has 1 aromatic heterocycles. The number of phenols is 1. The van der Waals surface area contributed by atoms with Gasteiger partial charge in [0.1, 0.15) is 5.75 Å². The second-order valence-electron chi connectivity index (χ2n) is 4.19. The Kier molecular flexibility index (Phi) is 4.24. The van der Waals surface area contributed by atoms with Crippen molar-refractivity contribution < 1.29 is 36.2 Å². The average molecular weight is 356 g/mol. The number of halogens is 6. The van der Waals surface area contributed by atoms with Crippen LogP contribution >= 0.6 is 11.3 Å². The minimum absolute atomic E-state index is 0.155. The quantitative estimate of drug-likeness (QED) is 0.795. The Bertz CT molecular complexity index is 721. The zero-order valence-electron chi connectivity index (χ0n) is 10.8. The van der Waals surface area contributed by atoms with Gasteiger partial charge in [-0.3, -0.25) is 4.79 Å². The van der Waals surface area contributed by atoms with Crippen LogP contribution in [0.1, 0.15) is 20.2 Å². The van der Waals surface area contributed by atoms with Gasteiger partial charge in [0.25, 0.3) is 5.91 Å². The van der Waals surface area contributed by atoms with E-state index in [1.54, 1.807) is 5.32 Å². The summed E-state index contributed by atoms with van der Waals surface area (Å²) in [6.07, 6.45) is -10.2. The maximum atomic E-state index is 12.8. The number of amides is 1. The van der Waals surface area contributed by atoms with E-state index in [9.17, 15) is 31.1 Å². The molecule has 0 aliphatic rings. The van der Waals surface area contributed by atoms with Crippen molar-refractivity contribution in [1.29, 1.82) is 0 Å². The van der Waals surface area contributed by atoms with Gasteiger partial charge in [0, 0.05) is 5.56 Å². The Morgan fingerprint density at radius 3 is 2.09 bits per heavy atom. The molecule has 23 heavy (non-hydrogen) atoms. The summed E-state index contributed by atoms with van der Waals surface area (Å²) in [4.78, 5) is 13.0. The van der Waals surface area contributed by atoms with Gasteiger partial charge in [-0.2, -0.15) is 26.3 Å². The number of nitrogens with one attached hydrogen (secondary N) is 1. The number of rotatable bonds is 2. The van der Waals surface area contributed by atoms with Crippen LogP contribution in [0.4, 0.5) is 32.2 Å². The Morgan fingerprint density at radius 2 is 1.61 bits per heavy atom. The van der Waals surface area contributed by atoms with Gasteiger partial charge in [0.05, 0.1) is 0 Å². The highest BCUT2D eigenvalue weighted by Crippen LogP contribution is 2.43. The van der Waals surface area contributed by atoms with E-state index < -0.39 is 45.3 Å². The van der Waals surface area contributed by atoms with E-state index in [1.807, 2.05) is 0 Å². The molecular weight excluding hydrogens is 350 g/mol. The fourth-order valence-electron chi connectivity index (χ4n) is 1.51. The van der Waals surface area contributed by atoms with Crippen LogP contribution in [-0.2, 0) is 12.4 Å². The van der Waals surface area contributed by atoms with Crippen molar-refractivity contribution in [1.82, 2.24) is 4.98 Å². The summed E-state index contributed by atoms with van der Waals surface area (Å²) in [7, 11) is 0.